The Balaban J connectivity index is 2.49. The van der Waals surface area contributed by atoms with E-state index in [0.29, 0.717) is 11.8 Å². The molecular weight excluding hydrogens is 250 g/mol. The third-order valence-corrected chi connectivity index (χ3v) is 3.17. The summed E-state index contributed by atoms with van der Waals surface area (Å²) in [6.07, 6.45) is 2.72. The molecule has 0 aliphatic heterocycles. The number of nitrogens with one attached hydrogen (secondary N) is 1. The molecule has 1 aliphatic carbocycles. The van der Waals surface area contributed by atoms with Crippen LogP contribution in [0.25, 0.3) is 0 Å². The van der Waals surface area contributed by atoms with Crippen LogP contribution in [0.5, 0.6) is 0 Å². The van der Waals surface area contributed by atoms with Crippen molar-refractivity contribution in [1.82, 2.24) is 5.32 Å². The van der Waals surface area contributed by atoms with Gasteiger partial charge in [-0.2, -0.15) is 0 Å². The van der Waals surface area contributed by atoms with Crippen LogP contribution >= 0.6 is 15.9 Å². The summed E-state index contributed by atoms with van der Waals surface area (Å²) in [6.45, 7) is 0. The zero-order chi connectivity index (χ0) is 10.6. The molecule has 0 unspecified atom stereocenters. The van der Waals surface area contributed by atoms with Gasteiger partial charge in [0.05, 0.1) is 18.0 Å². The monoisotopic (exact) mass is 263 g/mol. The molecule has 1 amide bonds. The van der Waals surface area contributed by atoms with Crippen LogP contribution in [-0.4, -0.2) is 29.9 Å². The van der Waals surface area contributed by atoms with Crippen molar-refractivity contribution in [3.05, 3.63) is 0 Å². The topological polar surface area (TPSA) is 55.4 Å². The molecule has 0 heterocycles. The third-order valence-electron chi connectivity index (χ3n) is 2.55. The van der Waals surface area contributed by atoms with E-state index in [-0.39, 0.29) is 11.3 Å². The Morgan fingerprint density at radius 3 is 2.50 bits per heavy atom. The van der Waals surface area contributed by atoms with Gasteiger partial charge >= 0.3 is 6.09 Å². The normalized spacial score (nSPS) is 18.1. The summed E-state index contributed by atoms with van der Waals surface area (Å²) in [6, 6.07) is 0. The molecule has 0 radical (unpaired) electrons. The van der Waals surface area contributed by atoms with Crippen LogP contribution in [0.15, 0.2) is 0 Å². The minimum atomic E-state index is -0.452. The van der Waals surface area contributed by atoms with E-state index < -0.39 is 6.09 Å². The number of carbonyl (C=O) groups excluding carboxylic acids is 2. The predicted octanol–water partition coefficient (Wildman–Crippen LogP) is 1.62. The molecule has 0 aromatic heterocycles. The molecule has 0 bridgehead atoms. The van der Waals surface area contributed by atoms with E-state index >= 15 is 0 Å². The first-order valence-electron chi connectivity index (χ1n) is 4.56. The van der Waals surface area contributed by atoms with E-state index in [0.717, 1.165) is 19.3 Å². The molecule has 0 atom stereocenters. The fourth-order valence-electron chi connectivity index (χ4n) is 1.64. The van der Waals surface area contributed by atoms with Gasteiger partial charge in [0, 0.05) is 6.42 Å². The molecule has 1 saturated carbocycles. The van der Waals surface area contributed by atoms with Gasteiger partial charge in [0.1, 0.15) is 5.78 Å². The first-order valence-corrected chi connectivity index (χ1v) is 5.68. The number of Topliss-reactive ketones (excluding diaryl/α,β-unsaturated/α-hetero) is 1. The van der Waals surface area contributed by atoms with Gasteiger partial charge in [0.15, 0.2) is 0 Å². The SMILES string of the molecule is COC(=O)NC1(CC(=O)CBr)CCC1. The van der Waals surface area contributed by atoms with Gasteiger partial charge < -0.3 is 10.1 Å². The predicted molar refractivity (Wildman–Crippen MR) is 55.5 cm³/mol. The van der Waals surface area contributed by atoms with Gasteiger partial charge in [-0.25, -0.2) is 4.79 Å². The van der Waals surface area contributed by atoms with Crippen LogP contribution in [0.2, 0.25) is 0 Å². The second kappa shape index (κ2) is 4.77. The highest BCUT2D eigenvalue weighted by atomic mass is 79.9. The zero-order valence-electron chi connectivity index (χ0n) is 8.14. The highest BCUT2D eigenvalue weighted by molar-refractivity contribution is 9.09. The van der Waals surface area contributed by atoms with Crippen molar-refractivity contribution in [1.29, 1.82) is 0 Å². The lowest BCUT2D eigenvalue weighted by molar-refractivity contribution is -0.118. The summed E-state index contributed by atoms with van der Waals surface area (Å²) in [5.41, 5.74) is -0.335. The second-order valence-corrected chi connectivity index (χ2v) is 4.16. The molecule has 5 heteroatoms. The van der Waals surface area contributed by atoms with E-state index in [1.54, 1.807) is 0 Å². The largest absolute Gasteiger partial charge is 0.453 e. The summed E-state index contributed by atoms with van der Waals surface area (Å²) in [4.78, 5) is 22.3. The van der Waals surface area contributed by atoms with E-state index in [1.807, 2.05) is 0 Å². The minimum absolute atomic E-state index is 0.112. The Kier molecular flexibility index (Phi) is 3.92. The Hall–Kier alpha value is -0.580. The number of alkyl halides is 1. The van der Waals surface area contributed by atoms with Crippen LogP contribution in [-0.2, 0) is 9.53 Å². The van der Waals surface area contributed by atoms with E-state index in [4.69, 9.17) is 0 Å². The molecule has 1 rings (SSSR count). The smallest absolute Gasteiger partial charge is 0.407 e. The summed E-state index contributed by atoms with van der Waals surface area (Å²) in [5, 5.41) is 3.09. The van der Waals surface area contributed by atoms with Crippen LogP contribution in [0.4, 0.5) is 4.79 Å². The molecule has 4 nitrogen and oxygen atoms in total. The standard InChI is InChI=1S/C9H14BrNO3/c1-14-8(13)11-9(3-2-4-9)5-7(12)6-10/h2-6H2,1H3,(H,11,13). The quantitative estimate of drug-likeness (QED) is 0.785. The Bertz CT molecular complexity index is 218. The molecule has 0 aromatic rings. The number of ketones is 1. The Morgan fingerprint density at radius 1 is 1.50 bits per heavy atom. The van der Waals surface area contributed by atoms with Gasteiger partial charge in [0.2, 0.25) is 0 Å². The molecule has 80 valence electrons. The van der Waals surface area contributed by atoms with E-state index in [9.17, 15) is 9.59 Å². The summed E-state index contributed by atoms with van der Waals surface area (Å²) in [7, 11) is 1.33. The van der Waals surface area contributed by atoms with Gasteiger partial charge in [-0.05, 0) is 19.3 Å². The number of rotatable bonds is 4. The van der Waals surface area contributed by atoms with Gasteiger partial charge in [0.25, 0.3) is 0 Å². The van der Waals surface area contributed by atoms with Crippen LogP contribution in [0, 0.1) is 0 Å². The summed E-state index contributed by atoms with van der Waals surface area (Å²) < 4.78 is 4.52. The Labute approximate surface area is 91.5 Å². The lowest BCUT2D eigenvalue weighted by Crippen LogP contribution is -2.54. The first kappa shape index (κ1) is 11.5. The third kappa shape index (κ3) is 2.70. The lowest BCUT2D eigenvalue weighted by Gasteiger charge is -2.41. The molecule has 0 saturated heterocycles. The molecule has 1 fully saturated rings. The van der Waals surface area contributed by atoms with E-state index in [2.05, 4.69) is 26.0 Å². The number of hydrogen-bond donors (Lipinski definition) is 1. The van der Waals surface area contributed by atoms with Crippen molar-refractivity contribution < 1.29 is 14.3 Å². The van der Waals surface area contributed by atoms with Crippen molar-refractivity contribution in [2.75, 3.05) is 12.4 Å². The van der Waals surface area contributed by atoms with Crippen molar-refractivity contribution in [3.8, 4) is 0 Å². The van der Waals surface area contributed by atoms with Crippen molar-refractivity contribution in [2.45, 2.75) is 31.2 Å². The van der Waals surface area contributed by atoms with Gasteiger partial charge in [-0.15, -0.1) is 0 Å². The maximum Gasteiger partial charge on any atom is 0.407 e. The van der Waals surface area contributed by atoms with Crippen LogP contribution in [0.3, 0.4) is 0 Å². The zero-order valence-corrected chi connectivity index (χ0v) is 9.72. The minimum Gasteiger partial charge on any atom is -0.453 e. The number of halogens is 1. The molecular formula is C9H14BrNO3. The van der Waals surface area contributed by atoms with Crippen LogP contribution < -0.4 is 5.32 Å². The van der Waals surface area contributed by atoms with Crippen molar-refractivity contribution >= 4 is 27.8 Å². The maximum atomic E-state index is 11.3. The Morgan fingerprint density at radius 2 is 2.14 bits per heavy atom. The summed E-state index contributed by atoms with van der Waals surface area (Å²) in [5.74, 6) is 0.112. The highest BCUT2D eigenvalue weighted by Gasteiger charge is 2.40. The molecule has 1 N–H and O–H groups in total. The van der Waals surface area contributed by atoms with Crippen molar-refractivity contribution in [2.24, 2.45) is 0 Å². The van der Waals surface area contributed by atoms with Gasteiger partial charge in [-0.3, -0.25) is 4.79 Å². The molecule has 1 aliphatic rings. The maximum absolute atomic E-state index is 11.3. The number of carbonyl (C=O) groups is 2. The van der Waals surface area contributed by atoms with Gasteiger partial charge in [-0.1, -0.05) is 15.9 Å². The summed E-state index contributed by atoms with van der Waals surface area (Å²) >= 11 is 3.11. The lowest BCUT2D eigenvalue weighted by atomic mass is 9.73. The number of amides is 1. The number of ether oxygens (including phenoxy) is 1. The average Bonchev–Trinajstić information content (AvgIpc) is 2.13. The van der Waals surface area contributed by atoms with Crippen LogP contribution in [0.1, 0.15) is 25.7 Å². The number of alkyl carbamates (subject to hydrolysis) is 1. The molecule has 0 aromatic carbocycles. The second-order valence-electron chi connectivity index (χ2n) is 3.60. The fraction of sp³-hybridized carbons (Fsp3) is 0.778. The molecule has 14 heavy (non-hydrogen) atoms. The first-order chi connectivity index (χ1) is 6.62. The number of hydrogen-bond acceptors (Lipinski definition) is 3. The fourth-order valence-corrected chi connectivity index (χ4v) is 1.84. The van der Waals surface area contributed by atoms with E-state index in [1.165, 1.54) is 7.11 Å². The molecule has 0 spiro atoms. The van der Waals surface area contributed by atoms with Crippen molar-refractivity contribution in [3.63, 3.8) is 0 Å². The average molecular weight is 264 g/mol. The highest BCUT2D eigenvalue weighted by Crippen LogP contribution is 2.35. The number of methoxy groups -OCH3 is 1.